The molecule has 0 heterocycles. The van der Waals surface area contributed by atoms with Crippen molar-refractivity contribution < 1.29 is 13.5 Å². The highest BCUT2D eigenvalue weighted by atomic mass is 32.2. The van der Waals surface area contributed by atoms with Crippen molar-refractivity contribution in [2.24, 2.45) is 5.92 Å². The summed E-state index contributed by atoms with van der Waals surface area (Å²) in [5, 5.41) is 9.10. The van der Waals surface area contributed by atoms with Gasteiger partial charge in [-0.1, -0.05) is 13.0 Å². The number of fused-ring (bicyclic) bond motifs is 1. The van der Waals surface area contributed by atoms with Gasteiger partial charge in [-0.15, -0.1) is 0 Å². The van der Waals surface area contributed by atoms with Crippen LogP contribution >= 0.6 is 0 Å². The van der Waals surface area contributed by atoms with Gasteiger partial charge in [0, 0.05) is 12.6 Å². The van der Waals surface area contributed by atoms with Gasteiger partial charge in [0.2, 0.25) is 10.0 Å². The number of aliphatic hydroxyl groups is 1. The summed E-state index contributed by atoms with van der Waals surface area (Å²) < 4.78 is 27.4. The van der Waals surface area contributed by atoms with E-state index in [0.29, 0.717) is 4.90 Å². The van der Waals surface area contributed by atoms with E-state index in [1.807, 2.05) is 13.0 Å². The molecular formula is C15H23NO3S. The fourth-order valence-electron chi connectivity index (χ4n) is 2.46. The van der Waals surface area contributed by atoms with Crippen LogP contribution in [0.3, 0.4) is 0 Å². The lowest BCUT2D eigenvalue weighted by molar-refractivity contribution is 0.216. The molecule has 0 fully saturated rings. The number of hydrogen-bond acceptors (Lipinski definition) is 3. The second-order valence-corrected chi connectivity index (χ2v) is 7.42. The molecule has 2 N–H and O–H groups in total. The van der Waals surface area contributed by atoms with Crippen molar-refractivity contribution in [1.82, 2.24) is 4.72 Å². The number of hydrogen-bond donors (Lipinski definition) is 2. The van der Waals surface area contributed by atoms with E-state index in [1.165, 1.54) is 12.0 Å². The zero-order valence-corrected chi connectivity index (χ0v) is 12.9. The highest BCUT2D eigenvalue weighted by Crippen LogP contribution is 2.24. The maximum absolute atomic E-state index is 12.4. The van der Waals surface area contributed by atoms with Gasteiger partial charge in [-0.3, -0.25) is 0 Å². The monoisotopic (exact) mass is 297 g/mol. The molecule has 1 aliphatic rings. The molecule has 4 nitrogen and oxygen atoms in total. The molecule has 0 aromatic heterocycles. The highest BCUT2D eigenvalue weighted by Gasteiger charge is 2.22. The van der Waals surface area contributed by atoms with E-state index in [0.717, 1.165) is 24.8 Å². The Morgan fingerprint density at radius 3 is 2.50 bits per heavy atom. The Bertz CT molecular complexity index is 568. The lowest BCUT2D eigenvalue weighted by Gasteiger charge is -2.21. The van der Waals surface area contributed by atoms with Crippen molar-refractivity contribution in [2.75, 3.05) is 6.61 Å². The first-order valence-electron chi connectivity index (χ1n) is 7.19. The fourth-order valence-corrected chi connectivity index (χ4v) is 3.87. The largest absolute Gasteiger partial charge is 0.396 e. The predicted octanol–water partition coefficient (Wildman–Crippen LogP) is 1.86. The Balaban J connectivity index is 2.21. The maximum Gasteiger partial charge on any atom is 0.240 e. The van der Waals surface area contributed by atoms with E-state index in [-0.39, 0.29) is 18.6 Å². The standard InChI is InChI=1S/C15H23NO3S/c1-11(10-17)12(2)16-20(18,19)15-8-7-13-5-3-4-6-14(13)9-15/h7-9,11-12,16-17H,3-6,10H2,1-2H3. The van der Waals surface area contributed by atoms with Gasteiger partial charge in [0.1, 0.15) is 0 Å². The summed E-state index contributed by atoms with van der Waals surface area (Å²) in [5.41, 5.74) is 2.42. The molecule has 1 aliphatic carbocycles. The van der Waals surface area contributed by atoms with Crippen LogP contribution in [0.2, 0.25) is 0 Å². The number of benzene rings is 1. The van der Waals surface area contributed by atoms with Gasteiger partial charge in [0.25, 0.3) is 0 Å². The number of aryl methyl sites for hydroxylation is 2. The highest BCUT2D eigenvalue weighted by molar-refractivity contribution is 7.89. The molecule has 0 aliphatic heterocycles. The van der Waals surface area contributed by atoms with Crippen molar-refractivity contribution in [2.45, 2.75) is 50.5 Å². The molecule has 2 unspecified atom stereocenters. The predicted molar refractivity (Wildman–Crippen MR) is 79.1 cm³/mol. The molecular weight excluding hydrogens is 274 g/mol. The van der Waals surface area contributed by atoms with Gasteiger partial charge in [0.05, 0.1) is 4.90 Å². The minimum absolute atomic E-state index is 0.0339. The molecule has 0 bridgehead atoms. The van der Waals surface area contributed by atoms with Crippen LogP contribution in [0.4, 0.5) is 0 Å². The minimum atomic E-state index is -3.51. The second kappa shape index (κ2) is 6.24. The van der Waals surface area contributed by atoms with Crippen LogP contribution < -0.4 is 4.72 Å². The molecule has 1 aromatic carbocycles. The zero-order valence-electron chi connectivity index (χ0n) is 12.1. The van der Waals surface area contributed by atoms with E-state index < -0.39 is 10.0 Å². The van der Waals surface area contributed by atoms with Crippen LogP contribution in [0.25, 0.3) is 0 Å². The quantitative estimate of drug-likeness (QED) is 0.872. The summed E-state index contributed by atoms with van der Waals surface area (Å²) >= 11 is 0. The Kier molecular flexibility index (Phi) is 4.83. The first-order chi connectivity index (χ1) is 9.44. The normalized spacial score (nSPS) is 18.4. The van der Waals surface area contributed by atoms with E-state index in [9.17, 15) is 8.42 Å². The maximum atomic E-state index is 12.4. The van der Waals surface area contributed by atoms with Crippen LogP contribution in [-0.4, -0.2) is 26.2 Å². The average Bonchev–Trinajstić information content (AvgIpc) is 2.45. The van der Waals surface area contributed by atoms with E-state index in [1.54, 1.807) is 19.1 Å². The van der Waals surface area contributed by atoms with Crippen molar-refractivity contribution in [3.05, 3.63) is 29.3 Å². The summed E-state index contributed by atoms with van der Waals surface area (Å²) in [6.45, 7) is 3.56. The third-order valence-electron chi connectivity index (χ3n) is 4.11. The van der Waals surface area contributed by atoms with E-state index in [4.69, 9.17) is 5.11 Å². The molecule has 0 saturated carbocycles. The molecule has 2 atom stereocenters. The van der Waals surface area contributed by atoms with Crippen molar-refractivity contribution >= 4 is 10.0 Å². The Morgan fingerprint density at radius 1 is 1.20 bits per heavy atom. The average molecular weight is 297 g/mol. The summed E-state index contributed by atoms with van der Waals surface area (Å²) in [7, 11) is -3.51. The molecule has 112 valence electrons. The van der Waals surface area contributed by atoms with Gasteiger partial charge in [-0.05, 0) is 61.8 Å². The zero-order chi connectivity index (χ0) is 14.8. The van der Waals surface area contributed by atoms with Gasteiger partial charge in [-0.25, -0.2) is 13.1 Å². The van der Waals surface area contributed by atoms with Gasteiger partial charge >= 0.3 is 0 Å². The molecule has 2 rings (SSSR count). The molecule has 0 radical (unpaired) electrons. The topological polar surface area (TPSA) is 66.4 Å². The third kappa shape index (κ3) is 3.40. The number of aliphatic hydroxyl groups excluding tert-OH is 1. The van der Waals surface area contributed by atoms with Crippen molar-refractivity contribution in [1.29, 1.82) is 0 Å². The first-order valence-corrected chi connectivity index (χ1v) is 8.67. The van der Waals surface area contributed by atoms with Crippen LogP contribution in [0.15, 0.2) is 23.1 Å². The minimum Gasteiger partial charge on any atom is -0.396 e. The summed E-state index contributed by atoms with van der Waals surface area (Å²) in [5.74, 6) is -0.109. The lowest BCUT2D eigenvalue weighted by atomic mass is 9.92. The fraction of sp³-hybridized carbons (Fsp3) is 0.600. The summed E-state index contributed by atoms with van der Waals surface area (Å²) in [6.07, 6.45) is 4.31. The number of nitrogens with one attached hydrogen (secondary N) is 1. The third-order valence-corrected chi connectivity index (χ3v) is 5.67. The summed E-state index contributed by atoms with van der Waals surface area (Å²) in [4.78, 5) is 0.329. The SMILES string of the molecule is CC(CO)C(C)NS(=O)(=O)c1ccc2c(c1)CCCC2. The molecule has 0 amide bonds. The molecule has 0 spiro atoms. The molecule has 0 saturated heterocycles. The van der Waals surface area contributed by atoms with Crippen molar-refractivity contribution in [3.8, 4) is 0 Å². The van der Waals surface area contributed by atoms with Crippen LogP contribution in [-0.2, 0) is 22.9 Å². The van der Waals surface area contributed by atoms with Gasteiger partial charge in [-0.2, -0.15) is 0 Å². The van der Waals surface area contributed by atoms with E-state index >= 15 is 0 Å². The van der Waals surface area contributed by atoms with Crippen LogP contribution in [0.1, 0.15) is 37.8 Å². The first kappa shape index (κ1) is 15.5. The second-order valence-electron chi connectivity index (χ2n) is 5.71. The molecule has 20 heavy (non-hydrogen) atoms. The smallest absolute Gasteiger partial charge is 0.240 e. The Hall–Kier alpha value is -0.910. The number of sulfonamides is 1. The summed E-state index contributed by atoms with van der Waals surface area (Å²) in [6, 6.07) is 5.13. The molecule has 1 aromatic rings. The van der Waals surface area contributed by atoms with E-state index in [2.05, 4.69) is 4.72 Å². The number of rotatable bonds is 5. The van der Waals surface area contributed by atoms with Gasteiger partial charge in [0.15, 0.2) is 0 Å². The Morgan fingerprint density at radius 2 is 1.85 bits per heavy atom. The lowest BCUT2D eigenvalue weighted by Crippen LogP contribution is -2.38. The molecule has 5 heteroatoms. The van der Waals surface area contributed by atoms with Crippen molar-refractivity contribution in [3.63, 3.8) is 0 Å². The van der Waals surface area contributed by atoms with Gasteiger partial charge < -0.3 is 5.11 Å². The van der Waals surface area contributed by atoms with Crippen LogP contribution in [0, 0.1) is 5.92 Å². The van der Waals surface area contributed by atoms with Crippen LogP contribution in [0.5, 0.6) is 0 Å². The Labute approximate surface area is 121 Å².